The lowest BCUT2D eigenvalue weighted by molar-refractivity contribution is 0.206. The summed E-state index contributed by atoms with van der Waals surface area (Å²) >= 11 is 0. The highest BCUT2D eigenvalue weighted by atomic mass is 16.6. The average Bonchev–Trinajstić information content (AvgIpc) is 2.89. The number of methoxy groups -OCH3 is 2. The van der Waals surface area contributed by atoms with Crippen LogP contribution in [0, 0.1) is 0 Å². The molecule has 0 bridgehead atoms. The van der Waals surface area contributed by atoms with Gasteiger partial charge in [0.2, 0.25) is 0 Å². The molecule has 0 fully saturated rings. The second kappa shape index (κ2) is 13.1. The van der Waals surface area contributed by atoms with E-state index in [1.54, 1.807) is 14.2 Å². The number of nitrogens with zero attached hydrogens (tertiary/aromatic N) is 3. The van der Waals surface area contributed by atoms with Gasteiger partial charge in [-0.15, -0.1) is 0 Å². The fraction of sp³-hybridized carbons (Fsp3) is 0.346. The van der Waals surface area contributed by atoms with E-state index in [0.29, 0.717) is 19.7 Å². The number of primary amides is 1. The fourth-order valence-electron chi connectivity index (χ4n) is 3.47. The van der Waals surface area contributed by atoms with Gasteiger partial charge in [-0.1, -0.05) is 37.6 Å². The number of amides is 1. The van der Waals surface area contributed by atoms with Crippen molar-refractivity contribution in [2.24, 2.45) is 5.73 Å². The van der Waals surface area contributed by atoms with E-state index in [9.17, 15) is 9.90 Å². The number of carbonyl (C=O) groups excluding carboxylic acids is 1. The van der Waals surface area contributed by atoms with Crippen LogP contribution in [-0.4, -0.2) is 42.0 Å². The molecule has 3 rings (SSSR count). The summed E-state index contributed by atoms with van der Waals surface area (Å²) in [5.74, 6) is 1.71. The van der Waals surface area contributed by atoms with Gasteiger partial charge in [0.05, 0.1) is 27.4 Å². The molecule has 3 aromatic rings. The van der Waals surface area contributed by atoms with Crippen LogP contribution < -0.4 is 29.6 Å². The zero-order valence-corrected chi connectivity index (χ0v) is 20.8. The molecule has 10 nitrogen and oxygen atoms in total. The van der Waals surface area contributed by atoms with Crippen LogP contribution in [0.2, 0.25) is 0 Å². The molecule has 1 aromatic heterocycles. The minimum absolute atomic E-state index is 0.0186. The largest absolute Gasteiger partial charge is 0.497 e. The van der Waals surface area contributed by atoms with Crippen LogP contribution in [0.5, 0.6) is 23.3 Å². The second-order valence-electron chi connectivity index (χ2n) is 7.94. The number of unbranched alkanes of at least 4 members (excludes halogenated alkanes) is 1. The summed E-state index contributed by atoms with van der Waals surface area (Å²) < 4.78 is 21.6. The van der Waals surface area contributed by atoms with Crippen LogP contribution in [0.1, 0.15) is 36.6 Å². The Bertz CT molecular complexity index is 1070. The van der Waals surface area contributed by atoms with E-state index < -0.39 is 12.7 Å². The molecule has 1 amide bonds. The van der Waals surface area contributed by atoms with E-state index in [0.717, 1.165) is 35.5 Å². The van der Waals surface area contributed by atoms with Crippen LogP contribution in [0.25, 0.3) is 0 Å². The minimum atomic E-state index is -1.04. The lowest BCUT2D eigenvalue weighted by Gasteiger charge is -2.27. The minimum Gasteiger partial charge on any atom is -0.497 e. The summed E-state index contributed by atoms with van der Waals surface area (Å²) in [4.78, 5) is 22.5. The van der Waals surface area contributed by atoms with Crippen molar-refractivity contribution in [1.29, 1.82) is 0 Å². The number of hydrogen-bond acceptors (Lipinski definition) is 9. The molecule has 0 aliphatic rings. The number of nitrogens with two attached hydrogens (primary N) is 1. The first-order valence-electron chi connectivity index (χ1n) is 11.6. The first-order chi connectivity index (χ1) is 17.5. The van der Waals surface area contributed by atoms with Gasteiger partial charge in [0.15, 0.2) is 11.6 Å². The van der Waals surface area contributed by atoms with Gasteiger partial charge in [-0.05, 0) is 41.8 Å². The maximum absolute atomic E-state index is 11.8. The first-order valence-corrected chi connectivity index (χ1v) is 11.6. The van der Waals surface area contributed by atoms with Crippen molar-refractivity contribution < 1.29 is 28.8 Å². The Balaban J connectivity index is 2.08. The van der Waals surface area contributed by atoms with Crippen LogP contribution in [0.4, 0.5) is 10.6 Å². The van der Waals surface area contributed by atoms with E-state index in [-0.39, 0.29) is 23.3 Å². The molecule has 36 heavy (non-hydrogen) atoms. The Morgan fingerprint density at radius 3 is 1.94 bits per heavy atom. The third kappa shape index (κ3) is 7.22. The monoisotopic (exact) mass is 496 g/mol. The third-order valence-electron chi connectivity index (χ3n) is 5.34. The molecule has 2 aromatic carbocycles. The molecule has 0 atom stereocenters. The highest BCUT2D eigenvalue weighted by Gasteiger charge is 2.24. The number of ether oxygens (including phenoxy) is 4. The number of anilines is 1. The van der Waals surface area contributed by atoms with Gasteiger partial charge in [-0.2, -0.15) is 9.97 Å². The highest BCUT2D eigenvalue weighted by molar-refractivity contribution is 5.72. The van der Waals surface area contributed by atoms with Crippen LogP contribution in [-0.2, 0) is 19.7 Å². The maximum atomic E-state index is 11.8. The molecule has 3 N–H and O–H groups in total. The van der Waals surface area contributed by atoms with Crippen molar-refractivity contribution in [2.45, 2.75) is 39.5 Å². The smallest absolute Gasteiger partial charge is 0.410 e. The molecule has 0 radical (unpaired) electrons. The summed E-state index contributed by atoms with van der Waals surface area (Å²) in [5, 5.41) is 10.0. The number of rotatable bonds is 13. The predicted molar refractivity (Wildman–Crippen MR) is 134 cm³/mol. The van der Waals surface area contributed by atoms with Crippen molar-refractivity contribution >= 4 is 11.9 Å². The predicted octanol–water partition coefficient (Wildman–Crippen LogP) is 3.83. The second-order valence-corrected chi connectivity index (χ2v) is 7.94. The molecule has 10 heteroatoms. The highest BCUT2D eigenvalue weighted by Crippen LogP contribution is 2.34. The van der Waals surface area contributed by atoms with E-state index in [4.69, 9.17) is 24.7 Å². The average molecular weight is 497 g/mol. The Morgan fingerprint density at radius 2 is 1.50 bits per heavy atom. The van der Waals surface area contributed by atoms with Crippen molar-refractivity contribution in [1.82, 2.24) is 9.97 Å². The Kier molecular flexibility index (Phi) is 9.70. The maximum Gasteiger partial charge on any atom is 0.410 e. The van der Waals surface area contributed by atoms with Gasteiger partial charge in [-0.3, -0.25) is 0 Å². The quantitative estimate of drug-likeness (QED) is 0.339. The molecular formula is C26H32N4O6. The van der Waals surface area contributed by atoms with Crippen LogP contribution in [0.3, 0.4) is 0 Å². The fourth-order valence-corrected chi connectivity index (χ4v) is 3.47. The summed E-state index contributed by atoms with van der Waals surface area (Å²) in [5.41, 5.74) is 7.35. The van der Waals surface area contributed by atoms with Crippen molar-refractivity contribution in [3.8, 4) is 23.3 Å². The summed E-state index contributed by atoms with van der Waals surface area (Å²) in [6.07, 6.45) is 0.709. The molecule has 0 spiro atoms. The number of aliphatic hydroxyl groups excluding tert-OH is 1. The van der Waals surface area contributed by atoms with E-state index >= 15 is 0 Å². The molecule has 0 aliphatic carbocycles. The van der Waals surface area contributed by atoms with Crippen LogP contribution >= 0.6 is 0 Å². The van der Waals surface area contributed by atoms with Gasteiger partial charge in [-0.25, -0.2) is 4.79 Å². The molecule has 0 saturated heterocycles. The Morgan fingerprint density at radius 1 is 0.944 bits per heavy atom. The number of hydrogen-bond donors (Lipinski definition) is 2. The first kappa shape index (κ1) is 26.6. The van der Waals surface area contributed by atoms with E-state index in [2.05, 4.69) is 9.97 Å². The van der Waals surface area contributed by atoms with Gasteiger partial charge >= 0.3 is 12.1 Å². The van der Waals surface area contributed by atoms with Crippen LogP contribution in [0.15, 0.2) is 48.5 Å². The summed E-state index contributed by atoms with van der Waals surface area (Å²) in [6, 6.07) is 15.2. The zero-order chi connectivity index (χ0) is 25.9. The zero-order valence-electron chi connectivity index (χ0n) is 20.8. The normalized spacial score (nSPS) is 10.6. The lowest BCUT2D eigenvalue weighted by atomic mass is 10.1. The van der Waals surface area contributed by atoms with Crippen molar-refractivity contribution in [3.05, 3.63) is 65.4 Å². The van der Waals surface area contributed by atoms with Gasteiger partial charge in [0.25, 0.3) is 0 Å². The SMILES string of the molecule is CCCCOc1nc(CO)c(OC(N)=O)c(N(Cc2ccc(OC)cc2)Cc2ccc(OC)cc2)n1. The molecule has 192 valence electrons. The topological polar surface area (TPSA) is 129 Å². The molecule has 1 heterocycles. The lowest BCUT2D eigenvalue weighted by Crippen LogP contribution is -2.27. The van der Waals surface area contributed by atoms with Gasteiger partial charge in [0, 0.05) is 13.1 Å². The van der Waals surface area contributed by atoms with E-state index in [1.807, 2.05) is 60.4 Å². The van der Waals surface area contributed by atoms with Gasteiger partial charge < -0.3 is 34.7 Å². The van der Waals surface area contributed by atoms with Gasteiger partial charge in [0.1, 0.15) is 17.2 Å². The third-order valence-corrected chi connectivity index (χ3v) is 5.34. The molecular weight excluding hydrogens is 464 g/mol. The number of benzene rings is 2. The summed E-state index contributed by atoms with van der Waals surface area (Å²) in [6.45, 7) is 2.74. The molecule has 0 aliphatic heterocycles. The molecule has 0 saturated carbocycles. The Hall–Kier alpha value is -4.05. The number of aliphatic hydroxyl groups is 1. The Labute approximate surface area is 210 Å². The molecule has 0 unspecified atom stereocenters. The summed E-state index contributed by atoms with van der Waals surface area (Å²) in [7, 11) is 3.21. The number of carbonyl (C=O) groups is 1. The standard InChI is InChI=1S/C26H32N4O6/c1-4-5-14-35-26-28-22(17-31)23(36-25(27)32)24(29-26)30(15-18-6-10-20(33-2)11-7-18)16-19-8-12-21(34-3)13-9-19/h6-13,31H,4-5,14-17H2,1-3H3,(H2,27,32). The van der Waals surface area contributed by atoms with Crippen molar-refractivity contribution in [3.63, 3.8) is 0 Å². The van der Waals surface area contributed by atoms with Crippen molar-refractivity contribution in [2.75, 3.05) is 25.7 Å². The van der Waals surface area contributed by atoms with E-state index in [1.165, 1.54) is 0 Å². The number of aromatic nitrogens is 2.